The Bertz CT molecular complexity index is 340. The molecule has 126 valence electrons. The molecule has 0 radical (unpaired) electrons. The lowest BCUT2D eigenvalue weighted by Gasteiger charge is -2.40. The van der Waals surface area contributed by atoms with Crippen LogP contribution in [0.5, 0.6) is 0 Å². The molecule has 0 aliphatic rings. The van der Waals surface area contributed by atoms with E-state index < -0.39 is 42.4 Å². The minimum Gasteiger partial charge on any atom is -0.320 e. The lowest BCUT2D eigenvalue weighted by Crippen LogP contribution is -2.69. The van der Waals surface area contributed by atoms with Gasteiger partial charge in [-0.2, -0.15) is 26.3 Å². The average Bonchev–Trinajstić information content (AvgIpc) is 2.20. The minimum atomic E-state index is -5.64. The molecular weight excluding hydrogens is 302 g/mol. The Labute approximate surface area is 119 Å². The van der Waals surface area contributed by atoms with Gasteiger partial charge in [0.15, 0.2) is 0 Å². The Balaban J connectivity index is 5.68. The van der Waals surface area contributed by atoms with E-state index in [1.54, 1.807) is 0 Å². The van der Waals surface area contributed by atoms with Crippen molar-refractivity contribution >= 4 is 6.03 Å². The smallest absolute Gasteiger partial charge is 0.320 e. The summed E-state index contributed by atoms with van der Waals surface area (Å²) in [6, 6.07) is -2.47. The van der Waals surface area contributed by atoms with Gasteiger partial charge in [-0.15, -0.1) is 0 Å². The number of alkyl halides is 6. The van der Waals surface area contributed by atoms with Crippen LogP contribution in [-0.4, -0.2) is 40.9 Å². The zero-order valence-corrected chi connectivity index (χ0v) is 12.5. The summed E-state index contributed by atoms with van der Waals surface area (Å²) in [5.74, 6) is 0. The molecule has 1 N–H and O–H groups in total. The first-order chi connectivity index (χ1) is 9.21. The molecule has 0 heterocycles. The van der Waals surface area contributed by atoms with E-state index in [1.807, 2.05) is 0 Å². The van der Waals surface area contributed by atoms with Crippen molar-refractivity contribution in [1.29, 1.82) is 0 Å². The van der Waals surface area contributed by atoms with Crippen LogP contribution in [0.4, 0.5) is 31.1 Å². The lowest BCUT2D eigenvalue weighted by molar-refractivity contribution is -0.305. The number of hydrogen-bond donors (Lipinski definition) is 1. The van der Waals surface area contributed by atoms with Crippen molar-refractivity contribution < 1.29 is 31.1 Å². The first-order valence-corrected chi connectivity index (χ1v) is 6.45. The number of halogens is 6. The highest BCUT2D eigenvalue weighted by molar-refractivity contribution is 5.76. The molecule has 0 atom stereocenters. The second-order valence-corrected chi connectivity index (χ2v) is 5.28. The van der Waals surface area contributed by atoms with Crippen LogP contribution in [0.2, 0.25) is 0 Å². The van der Waals surface area contributed by atoms with Crippen molar-refractivity contribution in [3.8, 4) is 0 Å². The van der Waals surface area contributed by atoms with Gasteiger partial charge in [0.2, 0.25) is 5.54 Å². The maximum absolute atomic E-state index is 12.9. The second kappa shape index (κ2) is 6.31. The van der Waals surface area contributed by atoms with Crippen LogP contribution in [0.1, 0.15) is 41.0 Å². The van der Waals surface area contributed by atoms with Gasteiger partial charge in [-0.25, -0.2) is 4.79 Å². The number of carbonyl (C=O) groups is 1. The van der Waals surface area contributed by atoms with E-state index in [0.717, 1.165) is 17.1 Å². The topological polar surface area (TPSA) is 32.3 Å². The number of amides is 2. The molecule has 0 saturated carbocycles. The molecule has 0 rings (SSSR count). The standard InChI is InChI=1S/C12H20F6N2O/c1-6-10(11(13,14)15,12(16,17)18)19-9(21)20(7(2)3)8(4)5/h7-8H,6H2,1-5H3,(H,19,21). The third kappa shape index (κ3) is 3.94. The predicted molar refractivity (Wildman–Crippen MR) is 65.8 cm³/mol. The maximum atomic E-state index is 12.9. The molecule has 0 unspecified atom stereocenters. The van der Waals surface area contributed by atoms with Gasteiger partial charge in [0, 0.05) is 12.1 Å². The van der Waals surface area contributed by atoms with Crippen LogP contribution >= 0.6 is 0 Å². The van der Waals surface area contributed by atoms with E-state index in [0.29, 0.717) is 0 Å². The highest BCUT2D eigenvalue weighted by Gasteiger charge is 2.70. The van der Waals surface area contributed by atoms with Gasteiger partial charge < -0.3 is 10.2 Å². The van der Waals surface area contributed by atoms with E-state index >= 15 is 0 Å². The molecule has 0 aliphatic carbocycles. The number of urea groups is 1. The first kappa shape index (κ1) is 19.9. The van der Waals surface area contributed by atoms with Crippen LogP contribution in [0.25, 0.3) is 0 Å². The summed E-state index contributed by atoms with van der Waals surface area (Å²) in [5, 5.41) is 1.16. The molecule has 0 aromatic carbocycles. The summed E-state index contributed by atoms with van der Waals surface area (Å²) in [5.41, 5.74) is -4.25. The SMILES string of the molecule is CCC(NC(=O)N(C(C)C)C(C)C)(C(F)(F)F)C(F)(F)F. The number of hydrogen-bond acceptors (Lipinski definition) is 1. The number of carbonyl (C=O) groups excluding carboxylic acids is 1. The van der Waals surface area contributed by atoms with Gasteiger partial charge >= 0.3 is 18.4 Å². The minimum absolute atomic E-state index is 0.541. The fourth-order valence-electron chi connectivity index (χ4n) is 2.10. The highest BCUT2D eigenvalue weighted by Crippen LogP contribution is 2.45. The van der Waals surface area contributed by atoms with Crippen LogP contribution in [0, 0.1) is 0 Å². The van der Waals surface area contributed by atoms with Crippen molar-refractivity contribution in [1.82, 2.24) is 10.2 Å². The molecule has 0 spiro atoms. The molecule has 9 heteroatoms. The summed E-state index contributed by atoms with van der Waals surface area (Å²) >= 11 is 0. The van der Waals surface area contributed by atoms with Crippen molar-refractivity contribution in [2.75, 3.05) is 0 Å². The monoisotopic (exact) mass is 322 g/mol. The van der Waals surface area contributed by atoms with E-state index in [-0.39, 0.29) is 0 Å². The van der Waals surface area contributed by atoms with Gasteiger partial charge in [-0.05, 0) is 34.1 Å². The van der Waals surface area contributed by atoms with E-state index in [9.17, 15) is 31.1 Å². The fourth-order valence-corrected chi connectivity index (χ4v) is 2.10. The molecule has 0 saturated heterocycles. The summed E-state index contributed by atoms with van der Waals surface area (Å²) in [6.45, 7) is 6.77. The summed E-state index contributed by atoms with van der Waals surface area (Å²) in [4.78, 5) is 12.8. The average molecular weight is 322 g/mol. The zero-order valence-electron chi connectivity index (χ0n) is 12.5. The Morgan fingerprint density at radius 1 is 0.952 bits per heavy atom. The largest absolute Gasteiger partial charge is 0.420 e. The fraction of sp³-hybridized carbons (Fsp3) is 0.917. The number of rotatable bonds is 4. The molecule has 0 aliphatic heterocycles. The lowest BCUT2D eigenvalue weighted by atomic mass is 9.94. The third-order valence-corrected chi connectivity index (χ3v) is 3.17. The predicted octanol–water partition coefficient (Wildman–Crippen LogP) is 4.09. The normalized spacial score (nSPS) is 13.8. The van der Waals surface area contributed by atoms with E-state index in [2.05, 4.69) is 0 Å². The summed E-state index contributed by atoms with van der Waals surface area (Å²) in [7, 11) is 0. The highest BCUT2D eigenvalue weighted by atomic mass is 19.4. The molecule has 3 nitrogen and oxygen atoms in total. The van der Waals surface area contributed by atoms with Gasteiger partial charge in [0.1, 0.15) is 0 Å². The molecule has 0 aromatic heterocycles. The second-order valence-electron chi connectivity index (χ2n) is 5.28. The van der Waals surface area contributed by atoms with Crippen LogP contribution in [0.15, 0.2) is 0 Å². The molecule has 21 heavy (non-hydrogen) atoms. The summed E-state index contributed by atoms with van der Waals surface area (Å²) in [6.07, 6.45) is -12.6. The molecule has 0 aromatic rings. The van der Waals surface area contributed by atoms with Gasteiger partial charge in [-0.1, -0.05) is 6.92 Å². The van der Waals surface area contributed by atoms with E-state index in [4.69, 9.17) is 0 Å². The van der Waals surface area contributed by atoms with Crippen LogP contribution in [-0.2, 0) is 0 Å². The van der Waals surface area contributed by atoms with Crippen molar-refractivity contribution in [2.24, 2.45) is 0 Å². The Kier molecular flexibility index (Phi) is 5.97. The Hall–Kier alpha value is -1.15. The van der Waals surface area contributed by atoms with Gasteiger partial charge in [0.05, 0.1) is 0 Å². The van der Waals surface area contributed by atoms with Crippen LogP contribution in [0.3, 0.4) is 0 Å². The van der Waals surface area contributed by atoms with Crippen molar-refractivity contribution in [2.45, 2.75) is 71.0 Å². The van der Waals surface area contributed by atoms with Crippen molar-refractivity contribution in [3.05, 3.63) is 0 Å². The van der Waals surface area contributed by atoms with Crippen LogP contribution < -0.4 is 5.32 Å². The third-order valence-electron chi connectivity index (χ3n) is 3.17. The van der Waals surface area contributed by atoms with Gasteiger partial charge in [-0.3, -0.25) is 0 Å². The quantitative estimate of drug-likeness (QED) is 0.777. The van der Waals surface area contributed by atoms with Crippen molar-refractivity contribution in [3.63, 3.8) is 0 Å². The van der Waals surface area contributed by atoms with E-state index in [1.165, 1.54) is 27.7 Å². The maximum Gasteiger partial charge on any atom is 0.420 e. The zero-order chi connectivity index (χ0) is 17.2. The molecule has 0 bridgehead atoms. The number of nitrogens with one attached hydrogen (secondary N) is 1. The molecule has 2 amide bonds. The Morgan fingerprint density at radius 2 is 1.29 bits per heavy atom. The Morgan fingerprint density at radius 3 is 1.48 bits per heavy atom. The first-order valence-electron chi connectivity index (χ1n) is 6.45. The summed E-state index contributed by atoms with van der Waals surface area (Å²) < 4.78 is 77.7. The molecule has 0 fully saturated rings. The number of nitrogens with zero attached hydrogens (tertiary/aromatic N) is 1. The van der Waals surface area contributed by atoms with Gasteiger partial charge in [0.25, 0.3) is 0 Å². The molecular formula is C12H20F6N2O.